The molecule has 1 saturated carbocycles. The van der Waals surface area contributed by atoms with Crippen LogP contribution in [0.5, 0.6) is 0 Å². The van der Waals surface area contributed by atoms with Crippen molar-refractivity contribution >= 4 is 29.3 Å². The summed E-state index contributed by atoms with van der Waals surface area (Å²) in [5.41, 5.74) is 2.27. The highest BCUT2D eigenvalue weighted by Gasteiger charge is 2.31. The normalized spacial score (nSPS) is 17.0. The highest BCUT2D eigenvalue weighted by molar-refractivity contribution is 7.99. The zero-order chi connectivity index (χ0) is 21.9. The van der Waals surface area contributed by atoms with Gasteiger partial charge in [0.05, 0.1) is 5.75 Å². The van der Waals surface area contributed by atoms with E-state index in [-0.39, 0.29) is 5.91 Å². The number of aromatic nitrogens is 3. The van der Waals surface area contributed by atoms with E-state index in [0.29, 0.717) is 11.7 Å². The van der Waals surface area contributed by atoms with Crippen LogP contribution < -0.4 is 0 Å². The second-order valence-electron chi connectivity index (χ2n) is 8.36. The third-order valence-electron chi connectivity index (χ3n) is 5.96. The van der Waals surface area contributed by atoms with Crippen molar-refractivity contribution in [2.24, 2.45) is 0 Å². The Bertz CT molecular complexity index is 1080. The van der Waals surface area contributed by atoms with Crippen molar-refractivity contribution in [2.45, 2.75) is 30.5 Å². The number of amides is 1. The number of halogens is 1. The van der Waals surface area contributed by atoms with Crippen LogP contribution in [0.15, 0.2) is 59.8 Å². The Morgan fingerprint density at radius 2 is 1.78 bits per heavy atom. The van der Waals surface area contributed by atoms with E-state index in [9.17, 15) is 4.79 Å². The number of hydrogen-bond acceptors (Lipinski definition) is 5. The lowest BCUT2D eigenvalue weighted by molar-refractivity contribution is -0.130. The molecule has 5 rings (SSSR count). The van der Waals surface area contributed by atoms with E-state index < -0.39 is 0 Å². The first kappa shape index (κ1) is 21.5. The van der Waals surface area contributed by atoms with Gasteiger partial charge in [0, 0.05) is 49.4 Å². The van der Waals surface area contributed by atoms with Crippen LogP contribution in [0.2, 0.25) is 5.02 Å². The number of carbonyl (C=O) groups is 1. The number of carbonyl (C=O) groups excluding carboxylic acids is 1. The summed E-state index contributed by atoms with van der Waals surface area (Å²) in [6.45, 7) is 4.10. The Labute approximate surface area is 197 Å². The highest BCUT2D eigenvalue weighted by atomic mass is 35.5. The van der Waals surface area contributed by atoms with Crippen molar-refractivity contribution in [3.63, 3.8) is 0 Å². The fourth-order valence-electron chi connectivity index (χ4n) is 4.07. The second-order valence-corrected chi connectivity index (χ2v) is 9.74. The summed E-state index contributed by atoms with van der Waals surface area (Å²) in [5, 5.41) is 10.4. The SMILES string of the molecule is O=C(CSc1nnc(C2CC2)n1-c1ccccc1)N1CCN(Cc2cccc(Cl)c2)CC1. The molecule has 2 aromatic carbocycles. The van der Waals surface area contributed by atoms with Gasteiger partial charge in [-0.1, -0.05) is 53.7 Å². The maximum atomic E-state index is 12.9. The summed E-state index contributed by atoms with van der Waals surface area (Å²) in [7, 11) is 0. The summed E-state index contributed by atoms with van der Waals surface area (Å²) in [6, 6.07) is 18.2. The van der Waals surface area contributed by atoms with E-state index >= 15 is 0 Å². The zero-order valence-corrected chi connectivity index (χ0v) is 19.4. The smallest absolute Gasteiger partial charge is 0.233 e. The Morgan fingerprint density at radius 3 is 2.50 bits per heavy atom. The Kier molecular flexibility index (Phi) is 6.48. The van der Waals surface area contributed by atoms with Crippen molar-refractivity contribution in [2.75, 3.05) is 31.9 Å². The summed E-state index contributed by atoms with van der Waals surface area (Å²) >= 11 is 7.58. The van der Waals surface area contributed by atoms with E-state index in [4.69, 9.17) is 11.6 Å². The van der Waals surface area contributed by atoms with Gasteiger partial charge in [-0.2, -0.15) is 0 Å². The molecule has 0 atom stereocenters. The topological polar surface area (TPSA) is 54.3 Å². The van der Waals surface area contributed by atoms with Crippen molar-refractivity contribution < 1.29 is 4.79 Å². The molecule has 0 N–H and O–H groups in total. The third kappa shape index (κ3) is 5.00. The molecule has 1 saturated heterocycles. The van der Waals surface area contributed by atoms with E-state index in [2.05, 4.69) is 37.9 Å². The summed E-state index contributed by atoms with van der Waals surface area (Å²) in [6.07, 6.45) is 2.32. The van der Waals surface area contributed by atoms with E-state index in [1.807, 2.05) is 41.3 Å². The molecular formula is C24H26ClN5OS. The minimum Gasteiger partial charge on any atom is -0.339 e. The van der Waals surface area contributed by atoms with Crippen LogP contribution >= 0.6 is 23.4 Å². The molecule has 0 bridgehead atoms. The maximum Gasteiger partial charge on any atom is 0.233 e. The lowest BCUT2D eigenvalue weighted by atomic mass is 10.2. The fourth-order valence-corrected chi connectivity index (χ4v) is 5.14. The first-order valence-corrected chi connectivity index (χ1v) is 12.4. The van der Waals surface area contributed by atoms with Gasteiger partial charge in [-0.15, -0.1) is 10.2 Å². The summed E-state index contributed by atoms with van der Waals surface area (Å²) < 4.78 is 2.12. The standard InChI is InChI=1S/C24H26ClN5OS/c25-20-6-4-5-18(15-20)16-28-11-13-29(14-12-28)22(31)17-32-24-27-26-23(19-9-10-19)30(24)21-7-2-1-3-8-21/h1-8,15,19H,9-14,16-17H2. The third-order valence-corrected chi connectivity index (χ3v) is 7.11. The minimum atomic E-state index is 0.160. The molecule has 0 unspecified atom stereocenters. The Hall–Kier alpha value is -2.35. The molecule has 6 nitrogen and oxygen atoms in total. The predicted molar refractivity (Wildman–Crippen MR) is 127 cm³/mol. The molecule has 32 heavy (non-hydrogen) atoms. The Morgan fingerprint density at radius 1 is 1.00 bits per heavy atom. The molecule has 2 fully saturated rings. The van der Waals surface area contributed by atoms with E-state index in [1.54, 1.807) is 0 Å². The Balaban J connectivity index is 1.17. The minimum absolute atomic E-state index is 0.160. The highest BCUT2D eigenvalue weighted by Crippen LogP contribution is 2.41. The molecule has 0 spiro atoms. The maximum absolute atomic E-state index is 12.9. The molecule has 1 aliphatic carbocycles. The van der Waals surface area contributed by atoms with Gasteiger partial charge < -0.3 is 4.90 Å². The van der Waals surface area contributed by atoms with Gasteiger partial charge in [0.25, 0.3) is 0 Å². The number of para-hydroxylation sites is 1. The number of piperazine rings is 1. The molecule has 8 heteroatoms. The van der Waals surface area contributed by atoms with Crippen molar-refractivity contribution in [1.29, 1.82) is 0 Å². The lowest BCUT2D eigenvalue weighted by Crippen LogP contribution is -2.48. The van der Waals surface area contributed by atoms with E-state index in [1.165, 1.54) is 17.3 Å². The van der Waals surface area contributed by atoms with Crippen molar-refractivity contribution in [1.82, 2.24) is 24.6 Å². The number of rotatable bonds is 7. The molecule has 1 aromatic heterocycles. The van der Waals surface area contributed by atoms with Crippen LogP contribution in [0.3, 0.4) is 0 Å². The van der Waals surface area contributed by atoms with Crippen LogP contribution in [-0.4, -0.2) is 62.4 Å². The lowest BCUT2D eigenvalue weighted by Gasteiger charge is -2.34. The predicted octanol–water partition coefficient (Wildman–Crippen LogP) is 4.23. The number of thioether (sulfide) groups is 1. The molecule has 2 aliphatic rings. The van der Waals surface area contributed by atoms with Crippen molar-refractivity contribution in [3.8, 4) is 5.69 Å². The second kappa shape index (κ2) is 9.65. The van der Waals surface area contributed by atoms with Gasteiger partial charge in [0.2, 0.25) is 5.91 Å². The molecule has 1 amide bonds. The largest absolute Gasteiger partial charge is 0.339 e. The van der Waals surface area contributed by atoms with Gasteiger partial charge in [-0.3, -0.25) is 14.3 Å². The monoisotopic (exact) mass is 467 g/mol. The number of nitrogens with zero attached hydrogens (tertiary/aromatic N) is 5. The van der Waals surface area contributed by atoms with E-state index in [0.717, 1.165) is 67.3 Å². The molecule has 166 valence electrons. The first-order chi connectivity index (χ1) is 15.7. The first-order valence-electron chi connectivity index (χ1n) is 11.1. The number of benzene rings is 2. The average Bonchev–Trinajstić information content (AvgIpc) is 3.57. The zero-order valence-electron chi connectivity index (χ0n) is 17.9. The molecular weight excluding hydrogens is 442 g/mol. The van der Waals surface area contributed by atoms with Gasteiger partial charge >= 0.3 is 0 Å². The van der Waals surface area contributed by atoms with Crippen LogP contribution in [0.25, 0.3) is 5.69 Å². The average molecular weight is 468 g/mol. The molecule has 1 aliphatic heterocycles. The van der Waals surface area contributed by atoms with Crippen LogP contribution in [0.1, 0.15) is 30.1 Å². The molecule has 2 heterocycles. The number of hydrogen-bond donors (Lipinski definition) is 0. The summed E-state index contributed by atoms with van der Waals surface area (Å²) in [5.74, 6) is 2.04. The summed E-state index contributed by atoms with van der Waals surface area (Å²) in [4.78, 5) is 17.2. The molecule has 3 aromatic rings. The van der Waals surface area contributed by atoms with Crippen molar-refractivity contribution in [3.05, 3.63) is 71.0 Å². The quantitative estimate of drug-likeness (QED) is 0.486. The van der Waals surface area contributed by atoms with Gasteiger partial charge in [0.1, 0.15) is 5.82 Å². The van der Waals surface area contributed by atoms with Crippen LogP contribution in [-0.2, 0) is 11.3 Å². The molecule has 0 radical (unpaired) electrons. The van der Waals surface area contributed by atoms with Crippen LogP contribution in [0, 0.1) is 0 Å². The van der Waals surface area contributed by atoms with Gasteiger partial charge in [-0.25, -0.2) is 0 Å². The van der Waals surface area contributed by atoms with Gasteiger partial charge in [-0.05, 0) is 42.7 Å². The fraction of sp³-hybridized carbons (Fsp3) is 0.375. The van der Waals surface area contributed by atoms with Crippen LogP contribution in [0.4, 0.5) is 0 Å². The van der Waals surface area contributed by atoms with Gasteiger partial charge in [0.15, 0.2) is 5.16 Å².